The van der Waals surface area contributed by atoms with Gasteiger partial charge in [0, 0.05) is 18.5 Å². The van der Waals surface area contributed by atoms with Crippen molar-refractivity contribution in [3.8, 4) is 0 Å². The maximum atomic E-state index is 4.07. The Morgan fingerprint density at radius 1 is 1.33 bits per heavy atom. The molecule has 0 saturated carbocycles. The fourth-order valence-corrected chi connectivity index (χ4v) is 1.10. The quantitative estimate of drug-likeness (QED) is 0.679. The standard InChI is InChI=1S/C9H9N3/c1-4-10-5-2-8(1)7-9-3-6-11-12-9/h1-6,11H,7H2/q+1. The summed E-state index contributed by atoms with van der Waals surface area (Å²) >= 11 is 0. The first-order valence-electron chi connectivity index (χ1n) is 3.83. The van der Waals surface area contributed by atoms with Crippen LogP contribution in [0.2, 0.25) is 0 Å². The number of pyridine rings is 1. The number of allylic oxidation sites excluding steroid dienone is 1. The van der Waals surface area contributed by atoms with Gasteiger partial charge >= 0.3 is 0 Å². The highest BCUT2D eigenvalue weighted by Crippen LogP contribution is 1.99. The van der Waals surface area contributed by atoms with Crippen LogP contribution in [0, 0.1) is 0 Å². The van der Waals surface area contributed by atoms with Crippen molar-refractivity contribution in [3.05, 3.63) is 42.4 Å². The number of aromatic nitrogens is 1. The SMILES string of the molecule is C1=CC(Cc2ccncc2)=[N+]N1. The Morgan fingerprint density at radius 3 is 2.83 bits per heavy atom. The molecule has 1 aliphatic heterocycles. The van der Waals surface area contributed by atoms with E-state index in [1.807, 2.05) is 24.4 Å². The molecule has 0 aromatic carbocycles. The van der Waals surface area contributed by atoms with Crippen molar-refractivity contribution in [2.75, 3.05) is 0 Å². The van der Waals surface area contributed by atoms with Gasteiger partial charge in [0.15, 0.2) is 5.10 Å². The first kappa shape index (κ1) is 7.03. The Bertz CT molecular complexity index is 314. The molecule has 0 atom stereocenters. The Kier molecular flexibility index (Phi) is 1.86. The van der Waals surface area contributed by atoms with Crippen molar-refractivity contribution in [1.29, 1.82) is 0 Å². The van der Waals surface area contributed by atoms with Gasteiger partial charge in [0.1, 0.15) is 0 Å². The smallest absolute Gasteiger partial charge is 0.265 e. The third-order valence-corrected chi connectivity index (χ3v) is 1.69. The lowest BCUT2D eigenvalue weighted by Gasteiger charge is -1.90. The van der Waals surface area contributed by atoms with E-state index in [1.165, 1.54) is 5.56 Å². The molecule has 0 fully saturated rings. The van der Waals surface area contributed by atoms with Crippen molar-refractivity contribution in [1.82, 2.24) is 15.5 Å². The average molecular weight is 159 g/mol. The molecule has 2 heterocycles. The van der Waals surface area contributed by atoms with Crippen LogP contribution in [0.5, 0.6) is 0 Å². The highest BCUT2D eigenvalue weighted by Gasteiger charge is 2.12. The first-order valence-corrected chi connectivity index (χ1v) is 3.83. The zero-order chi connectivity index (χ0) is 8.23. The molecule has 0 unspecified atom stereocenters. The fourth-order valence-electron chi connectivity index (χ4n) is 1.10. The zero-order valence-electron chi connectivity index (χ0n) is 6.57. The molecule has 1 aromatic heterocycles. The maximum absolute atomic E-state index is 4.07. The second kappa shape index (κ2) is 3.17. The second-order valence-electron chi connectivity index (χ2n) is 2.60. The Hall–Kier alpha value is -1.64. The van der Waals surface area contributed by atoms with Gasteiger partial charge < -0.3 is 0 Å². The molecule has 0 saturated heterocycles. The zero-order valence-corrected chi connectivity index (χ0v) is 6.57. The predicted molar refractivity (Wildman–Crippen MR) is 47.4 cm³/mol. The topological polar surface area (TPSA) is 39.0 Å². The molecule has 59 valence electrons. The van der Waals surface area contributed by atoms with E-state index in [9.17, 15) is 0 Å². The van der Waals surface area contributed by atoms with Crippen molar-refractivity contribution >= 4 is 5.71 Å². The van der Waals surface area contributed by atoms with E-state index >= 15 is 0 Å². The summed E-state index contributed by atoms with van der Waals surface area (Å²) in [6.45, 7) is 0. The third-order valence-electron chi connectivity index (χ3n) is 1.69. The van der Waals surface area contributed by atoms with Crippen LogP contribution in [0.1, 0.15) is 5.56 Å². The largest absolute Gasteiger partial charge is 0.292 e. The van der Waals surface area contributed by atoms with Crippen LogP contribution in [0.4, 0.5) is 0 Å². The van der Waals surface area contributed by atoms with Gasteiger partial charge in [0.25, 0.3) is 5.71 Å². The Labute approximate surface area is 70.8 Å². The minimum atomic E-state index is 0.867. The van der Waals surface area contributed by atoms with Crippen LogP contribution in [-0.4, -0.2) is 10.7 Å². The van der Waals surface area contributed by atoms with E-state index < -0.39 is 0 Å². The molecule has 0 aliphatic carbocycles. The van der Waals surface area contributed by atoms with E-state index in [-0.39, 0.29) is 0 Å². The normalized spacial score (nSPS) is 14.2. The van der Waals surface area contributed by atoms with Gasteiger partial charge in [0.2, 0.25) is 0 Å². The van der Waals surface area contributed by atoms with E-state index in [4.69, 9.17) is 0 Å². The van der Waals surface area contributed by atoms with Crippen LogP contribution in [-0.2, 0) is 6.42 Å². The van der Waals surface area contributed by atoms with Crippen molar-refractivity contribution in [3.63, 3.8) is 0 Å². The van der Waals surface area contributed by atoms with Crippen molar-refractivity contribution < 1.29 is 0 Å². The molecule has 0 spiro atoms. The lowest BCUT2D eigenvalue weighted by molar-refractivity contribution is 0.881. The summed E-state index contributed by atoms with van der Waals surface area (Å²) in [6.07, 6.45) is 8.26. The second-order valence-corrected chi connectivity index (χ2v) is 2.60. The number of nitrogens with one attached hydrogen (secondary N) is 1. The molecule has 3 nitrogen and oxygen atoms in total. The maximum Gasteiger partial charge on any atom is 0.292 e. The van der Waals surface area contributed by atoms with Crippen molar-refractivity contribution in [2.24, 2.45) is 0 Å². The summed E-state index contributed by atoms with van der Waals surface area (Å²) in [5, 5.41) is 4.07. The van der Waals surface area contributed by atoms with Crippen LogP contribution in [0.25, 0.3) is 0 Å². The minimum absolute atomic E-state index is 0.867. The molecular weight excluding hydrogens is 150 g/mol. The Morgan fingerprint density at radius 2 is 2.17 bits per heavy atom. The number of hydrogen-bond acceptors (Lipinski definition) is 3. The summed E-state index contributed by atoms with van der Waals surface area (Å²) < 4.78 is 0. The molecule has 0 amide bonds. The summed E-state index contributed by atoms with van der Waals surface area (Å²) in [6, 6.07) is 3.99. The molecule has 1 aliphatic rings. The van der Waals surface area contributed by atoms with Crippen LogP contribution in [0.3, 0.4) is 0 Å². The molecule has 2 rings (SSSR count). The number of hydrazone groups is 1. The highest BCUT2D eigenvalue weighted by atomic mass is 15.3. The van der Waals surface area contributed by atoms with Gasteiger partial charge in [-0.15, -0.1) is 5.43 Å². The van der Waals surface area contributed by atoms with Gasteiger partial charge in [0.05, 0.1) is 12.6 Å². The van der Waals surface area contributed by atoms with Gasteiger partial charge in [-0.1, -0.05) is 0 Å². The fraction of sp³-hybridized carbons (Fsp3) is 0.111. The average Bonchev–Trinajstić information content (AvgIpc) is 2.59. The number of rotatable bonds is 2. The monoisotopic (exact) mass is 159 g/mol. The van der Waals surface area contributed by atoms with Gasteiger partial charge in [-0.25, -0.2) is 0 Å². The van der Waals surface area contributed by atoms with Crippen LogP contribution < -0.4 is 10.5 Å². The molecule has 12 heavy (non-hydrogen) atoms. The molecule has 1 radical (unpaired) electrons. The first-order chi connectivity index (χ1) is 5.95. The predicted octanol–water partition coefficient (Wildman–Crippen LogP) is 0.433. The van der Waals surface area contributed by atoms with E-state index in [0.717, 1.165) is 12.1 Å². The highest BCUT2D eigenvalue weighted by molar-refractivity contribution is 5.96. The van der Waals surface area contributed by atoms with Crippen LogP contribution >= 0.6 is 0 Å². The van der Waals surface area contributed by atoms with E-state index in [1.54, 1.807) is 12.4 Å². The molecule has 1 aromatic rings. The lowest BCUT2D eigenvalue weighted by Crippen LogP contribution is -2.10. The molecular formula is C9H9N3+. The molecule has 1 N–H and O–H groups in total. The summed E-state index contributed by atoms with van der Waals surface area (Å²) in [5.41, 5.74) is 5.07. The molecule has 0 bridgehead atoms. The van der Waals surface area contributed by atoms with Crippen LogP contribution in [0.15, 0.2) is 36.8 Å². The summed E-state index contributed by atoms with van der Waals surface area (Å²) in [7, 11) is 0. The van der Waals surface area contributed by atoms with Gasteiger partial charge in [-0.2, -0.15) is 0 Å². The summed E-state index contributed by atoms with van der Waals surface area (Å²) in [5.74, 6) is 0. The number of hydrogen-bond donors (Lipinski definition) is 1. The number of nitrogens with zero attached hydrogens (tertiary/aromatic N) is 2. The lowest BCUT2D eigenvalue weighted by atomic mass is 10.1. The van der Waals surface area contributed by atoms with E-state index in [0.29, 0.717) is 0 Å². The van der Waals surface area contributed by atoms with Gasteiger partial charge in [-0.3, -0.25) is 4.98 Å². The van der Waals surface area contributed by atoms with Crippen molar-refractivity contribution in [2.45, 2.75) is 6.42 Å². The van der Waals surface area contributed by atoms with Gasteiger partial charge in [-0.05, 0) is 17.7 Å². The van der Waals surface area contributed by atoms with E-state index in [2.05, 4.69) is 15.5 Å². The minimum Gasteiger partial charge on any atom is -0.265 e. The Balaban J connectivity index is 2.09. The summed E-state index contributed by atoms with van der Waals surface area (Å²) in [4.78, 5) is 3.95. The third kappa shape index (κ3) is 1.50. The molecule has 3 heteroatoms.